The first-order valence-corrected chi connectivity index (χ1v) is 7.64. The van der Waals surface area contributed by atoms with Gasteiger partial charge < -0.3 is 20.7 Å². The molecule has 0 saturated carbocycles. The highest BCUT2D eigenvalue weighted by Gasteiger charge is 2.14. The Balaban J connectivity index is 0.00000242. The summed E-state index contributed by atoms with van der Waals surface area (Å²) in [5, 5.41) is 10.1. The SMILES string of the molecule is COc1ccc(Cl)cc1NCCC(=O)NCC1CCCN1.Cl.Cl. The van der Waals surface area contributed by atoms with E-state index in [-0.39, 0.29) is 30.7 Å². The minimum atomic E-state index is 0. The van der Waals surface area contributed by atoms with Crippen LogP contribution in [0, 0.1) is 0 Å². The summed E-state index contributed by atoms with van der Waals surface area (Å²) in [6.45, 7) is 2.30. The Bertz CT molecular complexity index is 483. The number of carbonyl (C=O) groups excluding carboxylic acids is 1. The lowest BCUT2D eigenvalue weighted by Crippen LogP contribution is -2.37. The normalized spacial score (nSPS) is 16.0. The lowest BCUT2D eigenvalue weighted by atomic mass is 10.2. The number of methoxy groups -OCH3 is 1. The van der Waals surface area contributed by atoms with Crippen molar-refractivity contribution in [1.29, 1.82) is 0 Å². The smallest absolute Gasteiger partial charge is 0.221 e. The summed E-state index contributed by atoms with van der Waals surface area (Å²) in [6, 6.07) is 5.79. The number of ether oxygens (including phenoxy) is 1. The van der Waals surface area contributed by atoms with Gasteiger partial charge in [-0.05, 0) is 37.6 Å². The van der Waals surface area contributed by atoms with Gasteiger partial charge in [0.25, 0.3) is 0 Å². The molecule has 1 aromatic carbocycles. The lowest BCUT2D eigenvalue weighted by molar-refractivity contribution is -0.120. The van der Waals surface area contributed by atoms with Gasteiger partial charge in [0.1, 0.15) is 5.75 Å². The zero-order valence-corrected chi connectivity index (χ0v) is 15.5. The van der Waals surface area contributed by atoms with Crippen molar-refractivity contribution in [3.8, 4) is 5.75 Å². The van der Waals surface area contributed by atoms with E-state index in [1.807, 2.05) is 0 Å². The summed E-state index contributed by atoms with van der Waals surface area (Å²) < 4.78 is 5.24. The number of halogens is 3. The van der Waals surface area contributed by atoms with Crippen molar-refractivity contribution in [1.82, 2.24) is 10.6 Å². The first-order valence-electron chi connectivity index (χ1n) is 7.26. The molecular formula is C15H24Cl3N3O2. The summed E-state index contributed by atoms with van der Waals surface area (Å²) >= 11 is 5.96. The van der Waals surface area contributed by atoms with Gasteiger partial charge in [0, 0.05) is 30.6 Å². The van der Waals surface area contributed by atoms with Crippen LogP contribution >= 0.6 is 36.4 Å². The number of carbonyl (C=O) groups is 1. The van der Waals surface area contributed by atoms with Crippen molar-refractivity contribution in [2.45, 2.75) is 25.3 Å². The first kappa shape index (κ1) is 22.1. The minimum absolute atomic E-state index is 0. The molecule has 23 heavy (non-hydrogen) atoms. The number of nitrogens with one attached hydrogen (secondary N) is 3. The van der Waals surface area contributed by atoms with Crippen LogP contribution in [0.5, 0.6) is 5.75 Å². The minimum Gasteiger partial charge on any atom is -0.495 e. The topological polar surface area (TPSA) is 62.4 Å². The predicted octanol–water partition coefficient (Wildman–Crippen LogP) is 2.86. The summed E-state index contributed by atoms with van der Waals surface area (Å²) in [6.07, 6.45) is 2.75. The van der Waals surface area contributed by atoms with E-state index in [1.165, 1.54) is 6.42 Å². The Hall–Kier alpha value is -0.880. The van der Waals surface area contributed by atoms with Crippen LogP contribution in [-0.4, -0.2) is 38.7 Å². The number of amides is 1. The maximum atomic E-state index is 11.8. The zero-order chi connectivity index (χ0) is 15.1. The molecule has 1 amide bonds. The highest BCUT2D eigenvalue weighted by atomic mass is 35.5. The number of anilines is 1. The van der Waals surface area contributed by atoms with Gasteiger partial charge in [0.15, 0.2) is 0 Å². The van der Waals surface area contributed by atoms with Crippen molar-refractivity contribution in [3.05, 3.63) is 23.2 Å². The van der Waals surface area contributed by atoms with Crippen LogP contribution in [0.3, 0.4) is 0 Å². The van der Waals surface area contributed by atoms with E-state index in [0.29, 0.717) is 30.6 Å². The highest BCUT2D eigenvalue weighted by Crippen LogP contribution is 2.27. The van der Waals surface area contributed by atoms with Crippen molar-refractivity contribution in [2.24, 2.45) is 0 Å². The second-order valence-electron chi connectivity index (χ2n) is 5.12. The third-order valence-corrected chi connectivity index (χ3v) is 3.77. The third-order valence-electron chi connectivity index (χ3n) is 3.54. The van der Waals surface area contributed by atoms with Gasteiger partial charge in [0.2, 0.25) is 5.91 Å². The van der Waals surface area contributed by atoms with Gasteiger partial charge >= 0.3 is 0 Å². The molecule has 1 heterocycles. The van der Waals surface area contributed by atoms with E-state index in [2.05, 4.69) is 16.0 Å². The quantitative estimate of drug-likeness (QED) is 0.676. The molecule has 8 heteroatoms. The molecular weight excluding hydrogens is 361 g/mol. The summed E-state index contributed by atoms with van der Waals surface area (Å²) in [5.41, 5.74) is 0.801. The second-order valence-corrected chi connectivity index (χ2v) is 5.56. The maximum Gasteiger partial charge on any atom is 0.221 e. The van der Waals surface area contributed by atoms with Crippen molar-refractivity contribution >= 4 is 48.0 Å². The van der Waals surface area contributed by atoms with E-state index in [1.54, 1.807) is 25.3 Å². The molecule has 0 aliphatic carbocycles. The lowest BCUT2D eigenvalue weighted by Gasteiger charge is -2.13. The summed E-state index contributed by atoms with van der Waals surface area (Å²) in [5.74, 6) is 0.771. The van der Waals surface area contributed by atoms with E-state index in [0.717, 1.165) is 24.4 Å². The van der Waals surface area contributed by atoms with Crippen molar-refractivity contribution in [2.75, 3.05) is 32.1 Å². The molecule has 0 bridgehead atoms. The van der Waals surface area contributed by atoms with Gasteiger partial charge in [-0.3, -0.25) is 4.79 Å². The van der Waals surface area contributed by atoms with Crippen LogP contribution in [0.1, 0.15) is 19.3 Å². The fourth-order valence-electron chi connectivity index (χ4n) is 2.39. The largest absolute Gasteiger partial charge is 0.495 e. The number of hydrogen-bond donors (Lipinski definition) is 3. The van der Waals surface area contributed by atoms with Gasteiger partial charge in [-0.2, -0.15) is 0 Å². The summed E-state index contributed by atoms with van der Waals surface area (Å²) in [7, 11) is 1.61. The maximum absolute atomic E-state index is 11.8. The standard InChI is InChI=1S/C15H22ClN3O2.2ClH/c1-21-14-5-4-11(16)9-13(14)18-8-6-15(20)19-10-12-3-2-7-17-12;;/h4-5,9,12,17-18H,2-3,6-8,10H2,1H3,(H,19,20);2*1H. The molecule has 1 aliphatic heterocycles. The highest BCUT2D eigenvalue weighted by molar-refractivity contribution is 6.30. The van der Waals surface area contributed by atoms with Crippen LogP contribution in [0.15, 0.2) is 18.2 Å². The van der Waals surface area contributed by atoms with E-state index in [4.69, 9.17) is 16.3 Å². The molecule has 0 aromatic heterocycles. The van der Waals surface area contributed by atoms with Gasteiger partial charge in [0.05, 0.1) is 12.8 Å². The van der Waals surface area contributed by atoms with Gasteiger partial charge in [-0.1, -0.05) is 11.6 Å². The molecule has 132 valence electrons. The molecule has 5 nitrogen and oxygen atoms in total. The Kier molecular flexibility index (Phi) is 11.2. The van der Waals surface area contributed by atoms with Gasteiger partial charge in [-0.15, -0.1) is 24.8 Å². The summed E-state index contributed by atoms with van der Waals surface area (Å²) in [4.78, 5) is 11.8. The molecule has 1 atom stereocenters. The third kappa shape index (κ3) is 7.48. The van der Waals surface area contributed by atoms with Gasteiger partial charge in [-0.25, -0.2) is 0 Å². The van der Waals surface area contributed by atoms with Crippen LogP contribution in [0.4, 0.5) is 5.69 Å². The predicted molar refractivity (Wildman–Crippen MR) is 99.6 cm³/mol. The average molecular weight is 385 g/mol. The molecule has 1 aromatic rings. The monoisotopic (exact) mass is 383 g/mol. The molecule has 3 N–H and O–H groups in total. The fourth-order valence-corrected chi connectivity index (χ4v) is 2.56. The molecule has 0 spiro atoms. The number of rotatable bonds is 7. The fraction of sp³-hybridized carbons (Fsp3) is 0.533. The van der Waals surface area contributed by atoms with E-state index >= 15 is 0 Å². The molecule has 1 fully saturated rings. The molecule has 1 aliphatic rings. The van der Waals surface area contributed by atoms with Crippen LogP contribution in [0.25, 0.3) is 0 Å². The Morgan fingerprint density at radius 3 is 2.87 bits per heavy atom. The number of benzene rings is 1. The second kappa shape index (κ2) is 11.6. The van der Waals surface area contributed by atoms with Crippen molar-refractivity contribution in [3.63, 3.8) is 0 Å². The van der Waals surface area contributed by atoms with Crippen LogP contribution in [0.2, 0.25) is 5.02 Å². The van der Waals surface area contributed by atoms with Crippen LogP contribution < -0.4 is 20.7 Å². The van der Waals surface area contributed by atoms with E-state index < -0.39 is 0 Å². The zero-order valence-electron chi connectivity index (χ0n) is 13.1. The molecule has 2 rings (SSSR count). The van der Waals surface area contributed by atoms with Crippen molar-refractivity contribution < 1.29 is 9.53 Å². The Morgan fingerprint density at radius 1 is 1.43 bits per heavy atom. The van der Waals surface area contributed by atoms with E-state index in [9.17, 15) is 4.79 Å². The van der Waals surface area contributed by atoms with Crippen LogP contribution in [-0.2, 0) is 4.79 Å². The molecule has 1 saturated heterocycles. The first-order chi connectivity index (χ1) is 10.2. The Labute approximate surface area is 154 Å². The average Bonchev–Trinajstić information content (AvgIpc) is 2.99. The molecule has 0 radical (unpaired) electrons. The number of hydrogen-bond acceptors (Lipinski definition) is 4. The Morgan fingerprint density at radius 2 is 2.22 bits per heavy atom. The molecule has 1 unspecified atom stereocenters.